The molecule has 0 saturated heterocycles. The van der Waals surface area contributed by atoms with Crippen LogP contribution in [0, 0.1) is 6.92 Å². The van der Waals surface area contributed by atoms with Gasteiger partial charge in [-0.05, 0) is 37.3 Å². The van der Waals surface area contributed by atoms with Gasteiger partial charge in [0.2, 0.25) is 9.84 Å². The maximum atomic E-state index is 12.5. The van der Waals surface area contributed by atoms with Crippen LogP contribution in [0.3, 0.4) is 0 Å². The molecule has 0 N–H and O–H groups in total. The second-order valence-corrected chi connectivity index (χ2v) is 6.99. The van der Waals surface area contributed by atoms with E-state index in [1.165, 1.54) is 6.20 Å². The molecule has 2 aromatic carbocycles. The lowest BCUT2D eigenvalue weighted by atomic mass is 10.2. The van der Waals surface area contributed by atoms with Crippen molar-refractivity contribution in [3.63, 3.8) is 0 Å². The van der Waals surface area contributed by atoms with E-state index < -0.39 is 9.84 Å². The topological polar surface area (TPSA) is 59.9 Å². The quantitative estimate of drug-likeness (QED) is 0.726. The Bertz CT molecular complexity index is 922. The summed E-state index contributed by atoms with van der Waals surface area (Å²) in [6.07, 6.45) is 1.26. The van der Waals surface area contributed by atoms with Crippen molar-refractivity contribution in [1.29, 1.82) is 0 Å². The number of fused-ring (bicyclic) bond motifs is 1. The van der Waals surface area contributed by atoms with Gasteiger partial charge < -0.3 is 0 Å². The summed E-state index contributed by atoms with van der Waals surface area (Å²) in [6, 6.07) is 11.6. The molecule has 0 aliphatic rings. The van der Waals surface area contributed by atoms with Gasteiger partial charge in [-0.3, -0.25) is 4.98 Å². The average Bonchev–Trinajstić information content (AvgIpc) is 2.47. The van der Waals surface area contributed by atoms with Crippen molar-refractivity contribution in [3.05, 3.63) is 59.2 Å². The van der Waals surface area contributed by atoms with Gasteiger partial charge in [-0.2, -0.15) is 0 Å². The van der Waals surface area contributed by atoms with Gasteiger partial charge in [-0.15, -0.1) is 0 Å². The first-order valence-corrected chi connectivity index (χ1v) is 8.07. The molecule has 0 bridgehead atoms. The highest BCUT2D eigenvalue weighted by Gasteiger charge is 2.20. The van der Waals surface area contributed by atoms with Crippen LogP contribution in [-0.4, -0.2) is 18.4 Å². The minimum atomic E-state index is -3.66. The molecule has 4 nitrogen and oxygen atoms in total. The normalized spacial score (nSPS) is 11.7. The van der Waals surface area contributed by atoms with Crippen LogP contribution in [0.25, 0.3) is 11.0 Å². The van der Waals surface area contributed by atoms with Crippen molar-refractivity contribution < 1.29 is 8.42 Å². The van der Waals surface area contributed by atoms with E-state index in [1.807, 2.05) is 6.92 Å². The van der Waals surface area contributed by atoms with Crippen molar-refractivity contribution in [2.45, 2.75) is 16.8 Å². The Morgan fingerprint density at radius 2 is 1.71 bits per heavy atom. The predicted molar refractivity (Wildman–Crippen MR) is 81.2 cm³/mol. The summed E-state index contributed by atoms with van der Waals surface area (Å²) < 4.78 is 25.1. The smallest absolute Gasteiger partial charge is 0.225 e. The van der Waals surface area contributed by atoms with E-state index in [9.17, 15) is 8.42 Å². The van der Waals surface area contributed by atoms with Gasteiger partial charge in [0.15, 0.2) is 5.03 Å². The molecule has 1 heterocycles. The zero-order chi connectivity index (χ0) is 15.0. The average molecular weight is 319 g/mol. The third-order valence-corrected chi connectivity index (χ3v) is 4.96. The summed E-state index contributed by atoms with van der Waals surface area (Å²) in [7, 11) is -3.66. The second-order valence-electron chi connectivity index (χ2n) is 4.66. The molecule has 106 valence electrons. The molecule has 0 fully saturated rings. The molecule has 21 heavy (non-hydrogen) atoms. The minimum Gasteiger partial charge on any atom is -0.252 e. The van der Waals surface area contributed by atoms with E-state index in [4.69, 9.17) is 11.6 Å². The van der Waals surface area contributed by atoms with Crippen LogP contribution in [0.2, 0.25) is 5.02 Å². The first kappa shape index (κ1) is 14.0. The molecule has 0 atom stereocenters. The number of benzene rings is 2. The Morgan fingerprint density at radius 1 is 1.00 bits per heavy atom. The van der Waals surface area contributed by atoms with Crippen molar-refractivity contribution >= 4 is 32.5 Å². The highest BCUT2D eigenvalue weighted by Crippen LogP contribution is 2.22. The highest BCUT2D eigenvalue weighted by molar-refractivity contribution is 7.91. The summed E-state index contributed by atoms with van der Waals surface area (Å²) in [6.45, 7) is 1.90. The molecule has 3 aromatic rings. The Balaban J connectivity index is 2.14. The van der Waals surface area contributed by atoms with E-state index in [-0.39, 0.29) is 9.92 Å². The van der Waals surface area contributed by atoms with Gasteiger partial charge in [0, 0.05) is 5.02 Å². The van der Waals surface area contributed by atoms with Crippen LogP contribution >= 0.6 is 11.6 Å². The summed E-state index contributed by atoms with van der Waals surface area (Å²) in [5.74, 6) is 0. The monoisotopic (exact) mass is 318 g/mol. The summed E-state index contributed by atoms with van der Waals surface area (Å²) in [4.78, 5) is 8.51. The molecule has 1 aromatic heterocycles. The lowest BCUT2D eigenvalue weighted by molar-refractivity contribution is 0.592. The van der Waals surface area contributed by atoms with Gasteiger partial charge in [0.1, 0.15) is 0 Å². The largest absolute Gasteiger partial charge is 0.252 e. The van der Waals surface area contributed by atoms with Gasteiger partial charge in [0.05, 0.1) is 22.1 Å². The summed E-state index contributed by atoms with van der Waals surface area (Å²) in [5, 5.41) is 0.465. The zero-order valence-corrected chi connectivity index (χ0v) is 12.7. The SMILES string of the molecule is Cc1ccc(S(=O)(=O)c2cnc3cc(Cl)ccc3n2)cc1. The highest BCUT2D eigenvalue weighted by atomic mass is 35.5. The molecule has 0 radical (unpaired) electrons. The molecule has 0 aliphatic carbocycles. The number of nitrogens with zero attached hydrogens (tertiary/aromatic N) is 2. The molecule has 3 rings (SSSR count). The number of hydrogen-bond donors (Lipinski definition) is 0. The van der Waals surface area contributed by atoms with Gasteiger partial charge in [-0.25, -0.2) is 13.4 Å². The van der Waals surface area contributed by atoms with Crippen LogP contribution in [0.5, 0.6) is 0 Å². The molecule has 0 unspecified atom stereocenters. The number of aromatic nitrogens is 2. The number of hydrogen-bond acceptors (Lipinski definition) is 4. The first-order valence-electron chi connectivity index (χ1n) is 6.21. The van der Waals surface area contributed by atoms with Crippen LogP contribution in [-0.2, 0) is 9.84 Å². The summed E-state index contributed by atoms with van der Waals surface area (Å²) in [5.41, 5.74) is 2.05. The van der Waals surface area contributed by atoms with E-state index in [1.54, 1.807) is 42.5 Å². The van der Waals surface area contributed by atoms with Crippen LogP contribution in [0.15, 0.2) is 58.6 Å². The third-order valence-electron chi connectivity index (χ3n) is 3.09. The van der Waals surface area contributed by atoms with Crippen molar-refractivity contribution in [2.75, 3.05) is 0 Å². The Hall–Kier alpha value is -1.98. The van der Waals surface area contributed by atoms with Crippen molar-refractivity contribution in [2.24, 2.45) is 0 Å². The van der Waals surface area contributed by atoms with Gasteiger partial charge in [-0.1, -0.05) is 29.3 Å². The number of halogens is 1. The number of aryl methyl sites for hydroxylation is 1. The minimum absolute atomic E-state index is 0.0684. The molecule has 0 spiro atoms. The standard InChI is InChI=1S/C15H11ClN2O2S/c1-10-2-5-12(6-3-10)21(19,20)15-9-17-14-8-11(16)4-7-13(14)18-15/h2-9H,1H3. The first-order chi connectivity index (χ1) is 9.96. The van der Waals surface area contributed by atoms with E-state index >= 15 is 0 Å². The second kappa shape index (κ2) is 5.09. The van der Waals surface area contributed by atoms with E-state index in [0.29, 0.717) is 16.1 Å². The Kier molecular flexibility index (Phi) is 3.39. The van der Waals surface area contributed by atoms with Gasteiger partial charge in [0.25, 0.3) is 0 Å². The Morgan fingerprint density at radius 3 is 2.43 bits per heavy atom. The lowest BCUT2D eigenvalue weighted by Crippen LogP contribution is -2.05. The molecular weight excluding hydrogens is 308 g/mol. The molecule has 0 aliphatic heterocycles. The van der Waals surface area contributed by atoms with Crippen molar-refractivity contribution in [3.8, 4) is 0 Å². The lowest BCUT2D eigenvalue weighted by Gasteiger charge is -2.05. The van der Waals surface area contributed by atoms with E-state index in [2.05, 4.69) is 9.97 Å². The van der Waals surface area contributed by atoms with Crippen LogP contribution in [0.4, 0.5) is 0 Å². The fourth-order valence-corrected chi connectivity index (χ4v) is 3.25. The molecular formula is C15H11ClN2O2S. The van der Waals surface area contributed by atoms with Crippen molar-refractivity contribution in [1.82, 2.24) is 9.97 Å². The van der Waals surface area contributed by atoms with Gasteiger partial charge >= 0.3 is 0 Å². The fourth-order valence-electron chi connectivity index (χ4n) is 1.93. The van der Waals surface area contributed by atoms with Crippen LogP contribution < -0.4 is 0 Å². The third kappa shape index (κ3) is 2.62. The summed E-state index contributed by atoms with van der Waals surface area (Å²) >= 11 is 5.87. The van der Waals surface area contributed by atoms with Crippen LogP contribution in [0.1, 0.15) is 5.56 Å². The molecule has 0 saturated carbocycles. The molecule has 6 heteroatoms. The maximum absolute atomic E-state index is 12.5. The maximum Gasteiger partial charge on any atom is 0.225 e. The Labute approximate surface area is 127 Å². The number of sulfone groups is 1. The molecule has 0 amide bonds. The predicted octanol–water partition coefficient (Wildman–Crippen LogP) is 3.42. The van der Waals surface area contributed by atoms with E-state index in [0.717, 1.165) is 5.56 Å². The number of rotatable bonds is 2. The zero-order valence-electron chi connectivity index (χ0n) is 11.1. The fraction of sp³-hybridized carbons (Fsp3) is 0.0667.